The highest BCUT2D eigenvalue weighted by molar-refractivity contribution is 6.71. The van der Waals surface area contributed by atoms with Crippen molar-refractivity contribution in [3.8, 4) is 0 Å². The third-order valence-corrected chi connectivity index (χ3v) is 10.5. The second-order valence-electron chi connectivity index (χ2n) is 4.49. The molecule has 0 amide bonds. The first-order valence-electron chi connectivity index (χ1n) is 9.22. The summed E-state index contributed by atoms with van der Waals surface area (Å²) in [6, 6.07) is 0. The SMILES string of the molecule is CCO[Si](OCC)O[Si](OCC)(OCC)O[Si](OCC)(OCC)OCC. The molecule has 26 heavy (non-hydrogen) atoms. The fourth-order valence-electron chi connectivity index (χ4n) is 1.87. The quantitative estimate of drug-likeness (QED) is 0.303. The van der Waals surface area contributed by atoms with Crippen LogP contribution in [0.4, 0.5) is 0 Å². The van der Waals surface area contributed by atoms with E-state index in [1.165, 1.54) is 0 Å². The zero-order valence-electron chi connectivity index (χ0n) is 17.1. The minimum Gasteiger partial charge on any atom is -0.372 e. The summed E-state index contributed by atoms with van der Waals surface area (Å²) in [5.41, 5.74) is 0. The molecule has 0 spiro atoms. The molecule has 0 aromatic rings. The first kappa shape index (κ1) is 26.3. The van der Waals surface area contributed by atoms with Gasteiger partial charge in [-0.05, 0) is 48.5 Å². The van der Waals surface area contributed by atoms with Gasteiger partial charge in [-0.15, -0.1) is 0 Å². The lowest BCUT2D eigenvalue weighted by molar-refractivity contribution is -0.0525. The fraction of sp³-hybridized carbons (Fsp3) is 1.00. The molecule has 157 valence electrons. The summed E-state index contributed by atoms with van der Waals surface area (Å²) in [4.78, 5) is 0. The molecule has 0 aliphatic heterocycles. The van der Waals surface area contributed by atoms with Crippen LogP contribution in [0, 0.1) is 0 Å². The van der Waals surface area contributed by atoms with Gasteiger partial charge < -0.3 is 39.2 Å². The predicted molar refractivity (Wildman–Crippen MR) is 101 cm³/mol. The smallest absolute Gasteiger partial charge is 0.372 e. The molecule has 0 atom stereocenters. The van der Waals surface area contributed by atoms with Crippen molar-refractivity contribution in [2.45, 2.75) is 48.5 Å². The minimum atomic E-state index is -3.70. The van der Waals surface area contributed by atoms with E-state index in [-0.39, 0.29) is 0 Å². The van der Waals surface area contributed by atoms with E-state index >= 15 is 0 Å². The van der Waals surface area contributed by atoms with Gasteiger partial charge in [-0.1, -0.05) is 0 Å². The number of rotatable bonds is 18. The Bertz CT molecular complexity index is 310. The molecule has 0 aromatic carbocycles. The van der Waals surface area contributed by atoms with Gasteiger partial charge in [-0.3, -0.25) is 0 Å². The van der Waals surface area contributed by atoms with Crippen molar-refractivity contribution < 1.29 is 39.2 Å². The van der Waals surface area contributed by atoms with Crippen LogP contribution in [0.1, 0.15) is 48.5 Å². The zero-order valence-corrected chi connectivity index (χ0v) is 20.1. The first-order valence-corrected chi connectivity index (χ1v) is 13.7. The van der Waals surface area contributed by atoms with E-state index < -0.39 is 27.6 Å². The van der Waals surface area contributed by atoms with E-state index in [1.54, 1.807) is 0 Å². The summed E-state index contributed by atoms with van der Waals surface area (Å²) in [6.07, 6.45) is 0. The lowest BCUT2D eigenvalue weighted by atomic mass is 10.9. The van der Waals surface area contributed by atoms with E-state index in [0.29, 0.717) is 46.2 Å². The Morgan fingerprint density at radius 3 is 1.15 bits per heavy atom. The molecule has 9 nitrogen and oxygen atoms in total. The largest absolute Gasteiger partial charge is 0.673 e. The molecular formula is C14H35O9Si3. The summed E-state index contributed by atoms with van der Waals surface area (Å²) < 4.78 is 52.2. The van der Waals surface area contributed by atoms with Crippen molar-refractivity contribution in [1.29, 1.82) is 0 Å². The van der Waals surface area contributed by atoms with Gasteiger partial charge in [0.25, 0.3) is 0 Å². The van der Waals surface area contributed by atoms with Crippen LogP contribution in [0.2, 0.25) is 0 Å². The van der Waals surface area contributed by atoms with Crippen molar-refractivity contribution >= 4 is 27.6 Å². The number of hydrogen-bond donors (Lipinski definition) is 0. The highest BCUT2D eigenvalue weighted by Gasteiger charge is 2.61. The second kappa shape index (κ2) is 15.2. The molecule has 1 radical (unpaired) electrons. The van der Waals surface area contributed by atoms with Gasteiger partial charge in [-0.25, -0.2) is 0 Å². The predicted octanol–water partition coefficient (Wildman–Crippen LogP) is 2.13. The Kier molecular flexibility index (Phi) is 15.4. The average molecular weight is 432 g/mol. The molecule has 0 rings (SSSR count). The molecule has 0 unspecified atom stereocenters. The van der Waals surface area contributed by atoms with Gasteiger partial charge >= 0.3 is 27.6 Å². The van der Waals surface area contributed by atoms with E-state index in [9.17, 15) is 0 Å². The van der Waals surface area contributed by atoms with E-state index in [1.807, 2.05) is 48.5 Å². The Morgan fingerprint density at radius 1 is 0.500 bits per heavy atom. The van der Waals surface area contributed by atoms with Crippen LogP contribution in [0.5, 0.6) is 0 Å². The monoisotopic (exact) mass is 431 g/mol. The van der Waals surface area contributed by atoms with Gasteiger partial charge in [0.2, 0.25) is 0 Å². The Balaban J connectivity index is 5.69. The van der Waals surface area contributed by atoms with Crippen molar-refractivity contribution in [1.82, 2.24) is 0 Å². The molecular weight excluding hydrogens is 396 g/mol. The number of hydrogen-bond acceptors (Lipinski definition) is 9. The molecule has 0 aliphatic carbocycles. The highest BCUT2D eigenvalue weighted by atomic mass is 28.5. The van der Waals surface area contributed by atoms with Crippen LogP contribution in [-0.4, -0.2) is 73.9 Å². The van der Waals surface area contributed by atoms with Crippen LogP contribution in [-0.2, 0) is 39.2 Å². The molecule has 0 aliphatic rings. The standard InChI is InChI=1S/C14H35O9Si3/c1-8-15-24(16-9-2)22-26(20-13-6,21-14-7)23-25(17-10-3,18-11-4)19-12-5/h8-14H2,1-7H3. The summed E-state index contributed by atoms with van der Waals surface area (Å²) in [7, 11) is -9.34. The molecule has 0 saturated carbocycles. The summed E-state index contributed by atoms with van der Waals surface area (Å²) in [5.74, 6) is 0. The van der Waals surface area contributed by atoms with Crippen LogP contribution in [0.3, 0.4) is 0 Å². The van der Waals surface area contributed by atoms with Gasteiger partial charge in [0, 0.05) is 46.2 Å². The van der Waals surface area contributed by atoms with Gasteiger partial charge in [0.1, 0.15) is 0 Å². The van der Waals surface area contributed by atoms with Gasteiger partial charge in [-0.2, -0.15) is 0 Å². The van der Waals surface area contributed by atoms with E-state index in [0.717, 1.165) is 0 Å². The fourth-order valence-corrected chi connectivity index (χ4v) is 9.23. The molecule has 0 fully saturated rings. The van der Waals surface area contributed by atoms with Crippen LogP contribution < -0.4 is 0 Å². The average Bonchev–Trinajstić information content (AvgIpc) is 2.56. The Labute approximate surface area is 162 Å². The molecule has 12 heteroatoms. The summed E-state index contributed by atoms with van der Waals surface area (Å²) in [5, 5.41) is 0. The third-order valence-electron chi connectivity index (χ3n) is 2.59. The van der Waals surface area contributed by atoms with E-state index in [2.05, 4.69) is 0 Å². The van der Waals surface area contributed by atoms with Crippen LogP contribution in [0.25, 0.3) is 0 Å². The van der Waals surface area contributed by atoms with Crippen LogP contribution >= 0.6 is 0 Å². The van der Waals surface area contributed by atoms with Crippen molar-refractivity contribution in [3.05, 3.63) is 0 Å². The summed E-state index contributed by atoms with van der Waals surface area (Å²) >= 11 is 0. The molecule has 0 N–H and O–H groups in total. The van der Waals surface area contributed by atoms with Gasteiger partial charge in [0.05, 0.1) is 0 Å². The molecule has 0 heterocycles. The molecule has 0 aromatic heterocycles. The van der Waals surface area contributed by atoms with Crippen molar-refractivity contribution in [3.63, 3.8) is 0 Å². The normalized spacial score (nSPS) is 12.9. The maximum Gasteiger partial charge on any atom is 0.673 e. The molecule has 0 bridgehead atoms. The highest BCUT2D eigenvalue weighted by Crippen LogP contribution is 2.23. The maximum absolute atomic E-state index is 6.16. The Morgan fingerprint density at radius 2 is 0.846 bits per heavy atom. The minimum absolute atomic E-state index is 0.314. The topological polar surface area (TPSA) is 83.1 Å². The van der Waals surface area contributed by atoms with Crippen molar-refractivity contribution in [2.75, 3.05) is 46.2 Å². The molecule has 0 saturated heterocycles. The van der Waals surface area contributed by atoms with Gasteiger partial charge in [0.15, 0.2) is 0 Å². The lowest BCUT2D eigenvalue weighted by Crippen LogP contribution is -2.64. The van der Waals surface area contributed by atoms with Crippen LogP contribution in [0.15, 0.2) is 0 Å². The second-order valence-corrected chi connectivity index (χ2v) is 10.6. The first-order chi connectivity index (χ1) is 12.5. The van der Waals surface area contributed by atoms with Crippen molar-refractivity contribution in [2.24, 2.45) is 0 Å². The summed E-state index contributed by atoms with van der Waals surface area (Å²) in [6.45, 7) is 15.4. The van der Waals surface area contributed by atoms with E-state index in [4.69, 9.17) is 39.2 Å². The zero-order chi connectivity index (χ0) is 19.9. The Hall–Kier alpha value is 0.291. The lowest BCUT2D eigenvalue weighted by Gasteiger charge is -2.35. The maximum atomic E-state index is 6.16. The third kappa shape index (κ3) is 9.48.